The van der Waals surface area contributed by atoms with Gasteiger partial charge in [-0.05, 0) is 13.0 Å². The smallest absolute Gasteiger partial charge is 0.331 e. The van der Waals surface area contributed by atoms with Crippen LogP contribution in [-0.4, -0.2) is 37.9 Å². The number of H-pyrrole nitrogens is 1. The Morgan fingerprint density at radius 2 is 2.10 bits per heavy atom. The molecule has 0 saturated carbocycles. The maximum atomic E-state index is 12.6. The number of hydrogen-bond donors (Lipinski definition) is 2. The number of benzene rings is 1. The fraction of sp³-hybridized carbons (Fsp3) is 0.333. The summed E-state index contributed by atoms with van der Waals surface area (Å²) in [6.07, 6.45) is 1.81. The number of allylic oxidation sites excluding steroid dienone is 1. The van der Waals surface area contributed by atoms with Crippen LogP contribution in [0.1, 0.15) is 43.9 Å². The standard InChI is InChI=1S/C21H24N4O5/c1-4-11-24-20(28)18(19(27)22-21(24)29)14-12-15(25(23-14)17(26)5-2)13-9-7-8-10-16(13)30-6-3/h4,7-10,15,28H,1,5-6,11-12H2,2-3H3,(H,22,27,29)/t15-/m0/s1. The molecule has 1 aromatic carbocycles. The Kier molecular flexibility index (Phi) is 6.20. The lowest BCUT2D eigenvalue weighted by atomic mass is 9.98. The van der Waals surface area contributed by atoms with Crippen molar-refractivity contribution in [1.82, 2.24) is 14.6 Å². The number of aromatic nitrogens is 2. The van der Waals surface area contributed by atoms with E-state index in [0.29, 0.717) is 12.4 Å². The lowest BCUT2D eigenvalue weighted by Gasteiger charge is -2.23. The van der Waals surface area contributed by atoms with Crippen LogP contribution < -0.4 is 16.0 Å². The number of carbonyl (C=O) groups excluding carboxylic acids is 1. The van der Waals surface area contributed by atoms with Crippen molar-refractivity contribution in [1.29, 1.82) is 0 Å². The minimum atomic E-state index is -0.765. The molecule has 1 atom stereocenters. The predicted molar refractivity (Wildman–Crippen MR) is 112 cm³/mol. The number of aromatic amines is 1. The topological polar surface area (TPSA) is 117 Å². The molecule has 0 radical (unpaired) electrons. The predicted octanol–water partition coefficient (Wildman–Crippen LogP) is 1.91. The summed E-state index contributed by atoms with van der Waals surface area (Å²) in [5, 5.41) is 16.3. The zero-order chi connectivity index (χ0) is 21.8. The summed E-state index contributed by atoms with van der Waals surface area (Å²) in [4.78, 5) is 39.3. The molecule has 3 rings (SSSR count). The van der Waals surface area contributed by atoms with Crippen molar-refractivity contribution in [3.63, 3.8) is 0 Å². The van der Waals surface area contributed by atoms with E-state index >= 15 is 0 Å². The monoisotopic (exact) mass is 412 g/mol. The molecule has 158 valence electrons. The van der Waals surface area contributed by atoms with Gasteiger partial charge in [0.25, 0.3) is 5.56 Å². The molecular formula is C21H24N4O5. The molecule has 0 fully saturated rings. The summed E-state index contributed by atoms with van der Waals surface area (Å²) in [6, 6.07) is 6.80. The highest BCUT2D eigenvalue weighted by Gasteiger charge is 2.36. The average molecular weight is 412 g/mol. The minimum Gasteiger partial charge on any atom is -0.494 e. The van der Waals surface area contributed by atoms with Crippen LogP contribution in [0.4, 0.5) is 0 Å². The van der Waals surface area contributed by atoms with Gasteiger partial charge >= 0.3 is 5.69 Å². The van der Waals surface area contributed by atoms with E-state index in [9.17, 15) is 19.5 Å². The van der Waals surface area contributed by atoms with E-state index in [2.05, 4.69) is 16.7 Å². The Bertz CT molecular complexity index is 1120. The number of hydrogen-bond acceptors (Lipinski definition) is 6. The van der Waals surface area contributed by atoms with E-state index in [0.717, 1.165) is 10.1 Å². The van der Waals surface area contributed by atoms with Gasteiger partial charge in [0.1, 0.15) is 11.3 Å². The molecule has 1 amide bonds. The van der Waals surface area contributed by atoms with E-state index in [4.69, 9.17) is 4.74 Å². The third-order valence-electron chi connectivity index (χ3n) is 4.82. The molecular weight excluding hydrogens is 388 g/mol. The van der Waals surface area contributed by atoms with Crippen molar-refractivity contribution in [2.45, 2.75) is 39.3 Å². The molecule has 30 heavy (non-hydrogen) atoms. The number of nitrogens with one attached hydrogen (secondary N) is 1. The molecule has 1 aliphatic rings. The molecule has 1 aliphatic heterocycles. The van der Waals surface area contributed by atoms with Gasteiger partial charge in [0.2, 0.25) is 11.8 Å². The highest BCUT2D eigenvalue weighted by Crippen LogP contribution is 2.38. The van der Waals surface area contributed by atoms with Gasteiger partial charge in [-0.25, -0.2) is 9.80 Å². The van der Waals surface area contributed by atoms with Crippen molar-refractivity contribution in [3.05, 3.63) is 68.9 Å². The van der Waals surface area contributed by atoms with Crippen molar-refractivity contribution in [2.75, 3.05) is 6.61 Å². The Morgan fingerprint density at radius 1 is 1.37 bits per heavy atom. The zero-order valence-electron chi connectivity index (χ0n) is 16.9. The van der Waals surface area contributed by atoms with Gasteiger partial charge in [-0.15, -0.1) is 6.58 Å². The van der Waals surface area contributed by atoms with Gasteiger partial charge in [0, 0.05) is 24.9 Å². The quantitative estimate of drug-likeness (QED) is 0.674. The Labute approximate surface area is 172 Å². The van der Waals surface area contributed by atoms with Crippen LogP contribution in [0.5, 0.6) is 11.6 Å². The summed E-state index contributed by atoms with van der Waals surface area (Å²) >= 11 is 0. The molecule has 2 aromatic rings. The van der Waals surface area contributed by atoms with E-state index in [1.807, 2.05) is 25.1 Å². The zero-order valence-corrected chi connectivity index (χ0v) is 16.9. The first kappa shape index (κ1) is 21.1. The highest BCUT2D eigenvalue weighted by molar-refractivity contribution is 6.04. The maximum Gasteiger partial charge on any atom is 0.331 e. The lowest BCUT2D eigenvalue weighted by Crippen LogP contribution is -2.33. The summed E-state index contributed by atoms with van der Waals surface area (Å²) in [7, 11) is 0. The Balaban J connectivity index is 2.12. The number of nitrogens with zero attached hydrogens (tertiary/aromatic N) is 3. The van der Waals surface area contributed by atoms with Gasteiger partial charge in [0.05, 0.1) is 18.4 Å². The van der Waals surface area contributed by atoms with E-state index in [1.54, 1.807) is 13.0 Å². The summed E-state index contributed by atoms with van der Waals surface area (Å²) < 4.78 is 6.69. The van der Waals surface area contributed by atoms with Crippen LogP contribution in [0.15, 0.2) is 51.6 Å². The number of para-hydroxylation sites is 1. The highest BCUT2D eigenvalue weighted by atomic mass is 16.5. The molecule has 1 aromatic heterocycles. The van der Waals surface area contributed by atoms with Crippen LogP contribution >= 0.6 is 0 Å². The molecule has 9 heteroatoms. The number of carbonyl (C=O) groups is 1. The fourth-order valence-electron chi connectivity index (χ4n) is 3.46. The van der Waals surface area contributed by atoms with Gasteiger partial charge in [0.15, 0.2) is 0 Å². The van der Waals surface area contributed by atoms with Crippen LogP contribution in [0.3, 0.4) is 0 Å². The third-order valence-corrected chi connectivity index (χ3v) is 4.82. The number of ether oxygens (including phenoxy) is 1. The Morgan fingerprint density at radius 3 is 2.77 bits per heavy atom. The molecule has 2 heterocycles. The molecule has 0 spiro atoms. The molecule has 0 saturated heterocycles. The van der Waals surface area contributed by atoms with Crippen LogP contribution in [0.2, 0.25) is 0 Å². The van der Waals surface area contributed by atoms with E-state index in [-0.39, 0.29) is 36.6 Å². The molecule has 0 bridgehead atoms. The normalized spacial score (nSPS) is 15.7. The first-order valence-corrected chi connectivity index (χ1v) is 9.71. The molecule has 0 aliphatic carbocycles. The van der Waals surface area contributed by atoms with Gasteiger partial charge < -0.3 is 9.84 Å². The van der Waals surface area contributed by atoms with Gasteiger partial charge in [-0.3, -0.25) is 19.1 Å². The van der Waals surface area contributed by atoms with Gasteiger partial charge in [-0.2, -0.15) is 5.10 Å². The second-order valence-electron chi connectivity index (χ2n) is 6.69. The largest absolute Gasteiger partial charge is 0.494 e. The summed E-state index contributed by atoms with van der Waals surface area (Å²) in [5.41, 5.74) is -0.694. The molecule has 0 unspecified atom stereocenters. The maximum absolute atomic E-state index is 12.6. The Hall–Kier alpha value is -3.62. The average Bonchev–Trinajstić information content (AvgIpc) is 3.15. The third kappa shape index (κ3) is 3.78. The van der Waals surface area contributed by atoms with E-state index < -0.39 is 23.2 Å². The van der Waals surface area contributed by atoms with Crippen molar-refractivity contribution in [3.8, 4) is 11.6 Å². The summed E-state index contributed by atoms with van der Waals surface area (Å²) in [5.74, 6) is -0.133. The first-order chi connectivity index (χ1) is 14.4. The minimum absolute atomic E-state index is 0.00985. The van der Waals surface area contributed by atoms with Crippen LogP contribution in [-0.2, 0) is 11.3 Å². The molecule has 2 N–H and O–H groups in total. The van der Waals surface area contributed by atoms with Crippen molar-refractivity contribution >= 4 is 11.6 Å². The van der Waals surface area contributed by atoms with E-state index in [1.165, 1.54) is 11.1 Å². The second kappa shape index (κ2) is 8.81. The number of rotatable bonds is 7. The lowest BCUT2D eigenvalue weighted by molar-refractivity contribution is -0.132. The fourth-order valence-corrected chi connectivity index (χ4v) is 3.46. The number of hydrazone groups is 1. The van der Waals surface area contributed by atoms with Crippen LogP contribution in [0.25, 0.3) is 0 Å². The second-order valence-corrected chi connectivity index (χ2v) is 6.69. The van der Waals surface area contributed by atoms with Crippen molar-refractivity contribution < 1.29 is 14.6 Å². The van der Waals surface area contributed by atoms with Crippen LogP contribution in [0, 0.1) is 0 Å². The molecule has 9 nitrogen and oxygen atoms in total. The number of aromatic hydroxyl groups is 1. The van der Waals surface area contributed by atoms with Crippen molar-refractivity contribution in [2.24, 2.45) is 5.10 Å². The summed E-state index contributed by atoms with van der Waals surface area (Å²) in [6.45, 7) is 7.60. The number of amides is 1. The SMILES string of the molecule is C=CCn1c(O)c(C2=NN(C(=O)CC)[C@H](c3ccccc3OCC)C2)c(=O)[nH]c1=O. The van der Waals surface area contributed by atoms with Gasteiger partial charge in [-0.1, -0.05) is 31.2 Å². The first-order valence-electron chi connectivity index (χ1n) is 9.71.